The molecule has 1 aromatic rings. The molecule has 10 heteroatoms. The molecule has 4 unspecified atom stereocenters. The number of carboxylic acid groups (broad SMARTS) is 1. The SMILES string of the molecule is CN(C)c1cc(C(=O)O)c(O)c2c1CC1CC3CC(O)=C(C(N)=O)C(C)(O)C3C(O)=C1C2=O. The van der Waals surface area contributed by atoms with Crippen molar-refractivity contribution in [2.75, 3.05) is 19.0 Å². The molecule has 1 amide bonds. The maximum Gasteiger partial charge on any atom is 0.339 e. The van der Waals surface area contributed by atoms with Crippen molar-refractivity contribution in [1.82, 2.24) is 0 Å². The minimum Gasteiger partial charge on any atom is -0.512 e. The van der Waals surface area contributed by atoms with Gasteiger partial charge >= 0.3 is 5.97 Å². The van der Waals surface area contributed by atoms with Crippen LogP contribution in [-0.4, -0.2) is 62.9 Å². The number of allylic oxidation sites excluding steroid dienone is 2. The number of hydrogen-bond acceptors (Lipinski definition) is 8. The number of Topliss-reactive ketones (excluding diaryl/α,β-unsaturated/α-hetero) is 1. The number of aliphatic hydroxyl groups excluding tert-OH is 2. The number of nitrogens with two attached hydrogens (primary N) is 1. The van der Waals surface area contributed by atoms with Gasteiger partial charge in [0.1, 0.15) is 28.4 Å². The predicted molar refractivity (Wildman–Crippen MR) is 116 cm³/mol. The standard InChI is InChI=1S/C23H26N2O8/c1-23(33)16-9(6-13(26)17(23)21(24)30)4-8-5-10-12(25(2)3)7-11(22(31)32)18(27)15(10)19(28)14(8)20(16)29/h7-9,16,26-27,29,33H,4-6H2,1-3H3,(H2,24,30)(H,31,32). The molecule has 0 aliphatic heterocycles. The molecule has 3 aliphatic rings. The molecule has 0 spiro atoms. The second-order valence-corrected chi connectivity index (χ2v) is 9.39. The smallest absolute Gasteiger partial charge is 0.339 e. The lowest BCUT2D eigenvalue weighted by Crippen LogP contribution is -2.52. The minimum atomic E-state index is -2.03. The average Bonchev–Trinajstić information content (AvgIpc) is 2.65. The van der Waals surface area contributed by atoms with Gasteiger partial charge in [-0.2, -0.15) is 0 Å². The number of nitrogens with zero attached hydrogens (tertiary/aromatic N) is 1. The van der Waals surface area contributed by atoms with E-state index in [1.165, 1.54) is 13.0 Å². The number of anilines is 1. The predicted octanol–water partition coefficient (Wildman–Crippen LogP) is 1.41. The summed E-state index contributed by atoms with van der Waals surface area (Å²) in [5.74, 6) is -6.66. The lowest BCUT2D eigenvalue weighted by atomic mass is 9.58. The quantitative estimate of drug-likeness (QED) is 0.390. The Morgan fingerprint density at radius 1 is 1.18 bits per heavy atom. The Labute approximate surface area is 189 Å². The number of carboxylic acids is 1. The Hall–Kier alpha value is -3.53. The summed E-state index contributed by atoms with van der Waals surface area (Å²) in [7, 11) is 3.38. The lowest BCUT2D eigenvalue weighted by Gasteiger charge is -2.48. The largest absolute Gasteiger partial charge is 0.512 e. The van der Waals surface area contributed by atoms with E-state index in [2.05, 4.69) is 0 Å². The number of primary amides is 1. The number of aromatic hydroxyl groups is 1. The van der Waals surface area contributed by atoms with Gasteiger partial charge in [0, 0.05) is 31.8 Å². The van der Waals surface area contributed by atoms with Crippen molar-refractivity contribution in [3.63, 3.8) is 0 Å². The van der Waals surface area contributed by atoms with Gasteiger partial charge in [-0.15, -0.1) is 0 Å². The van der Waals surface area contributed by atoms with E-state index in [9.17, 15) is 39.9 Å². The van der Waals surface area contributed by atoms with E-state index in [4.69, 9.17) is 5.73 Å². The number of ketones is 1. The van der Waals surface area contributed by atoms with Crippen LogP contribution in [0.4, 0.5) is 5.69 Å². The summed E-state index contributed by atoms with van der Waals surface area (Å²) >= 11 is 0. The first-order valence-electron chi connectivity index (χ1n) is 10.5. The zero-order valence-corrected chi connectivity index (χ0v) is 18.4. The summed E-state index contributed by atoms with van der Waals surface area (Å²) in [5, 5.41) is 52.9. The fraction of sp³-hybridized carbons (Fsp3) is 0.435. The topological polar surface area (TPSA) is 182 Å². The third kappa shape index (κ3) is 3.08. The van der Waals surface area contributed by atoms with Crippen LogP contribution in [0.15, 0.2) is 28.7 Å². The molecule has 4 rings (SSSR count). The van der Waals surface area contributed by atoms with Crippen LogP contribution < -0.4 is 10.6 Å². The number of hydrogen-bond donors (Lipinski definition) is 6. The summed E-state index contributed by atoms with van der Waals surface area (Å²) in [4.78, 5) is 38.8. The Balaban J connectivity index is 1.94. The van der Waals surface area contributed by atoms with Gasteiger partial charge in [-0.25, -0.2) is 4.79 Å². The van der Waals surface area contributed by atoms with E-state index in [1.54, 1.807) is 19.0 Å². The van der Waals surface area contributed by atoms with Crippen molar-refractivity contribution in [3.05, 3.63) is 45.4 Å². The zero-order valence-electron chi connectivity index (χ0n) is 18.4. The van der Waals surface area contributed by atoms with Crippen LogP contribution >= 0.6 is 0 Å². The molecule has 33 heavy (non-hydrogen) atoms. The summed E-state index contributed by atoms with van der Waals surface area (Å²) in [5.41, 5.74) is 3.18. The van der Waals surface area contributed by atoms with Crippen LogP contribution in [0.25, 0.3) is 0 Å². The van der Waals surface area contributed by atoms with Gasteiger partial charge in [0.15, 0.2) is 5.78 Å². The molecule has 7 N–H and O–H groups in total. The molecule has 0 radical (unpaired) electrons. The monoisotopic (exact) mass is 458 g/mol. The molecule has 10 nitrogen and oxygen atoms in total. The Morgan fingerprint density at radius 2 is 1.82 bits per heavy atom. The number of rotatable bonds is 3. The van der Waals surface area contributed by atoms with Crippen LogP contribution in [0.2, 0.25) is 0 Å². The highest BCUT2D eigenvalue weighted by atomic mass is 16.4. The van der Waals surface area contributed by atoms with E-state index < -0.39 is 63.7 Å². The Bertz CT molecular complexity index is 1180. The summed E-state index contributed by atoms with van der Waals surface area (Å²) in [6.07, 6.45) is 0.549. The number of aromatic carboxylic acids is 1. The van der Waals surface area contributed by atoms with Crippen molar-refractivity contribution < 1.29 is 39.9 Å². The van der Waals surface area contributed by atoms with Gasteiger partial charge in [-0.05, 0) is 43.2 Å². The summed E-state index contributed by atoms with van der Waals surface area (Å²) in [6, 6.07) is 1.31. The number of aliphatic hydroxyl groups is 3. The fourth-order valence-electron chi connectivity index (χ4n) is 5.91. The van der Waals surface area contributed by atoms with E-state index >= 15 is 0 Å². The number of carbonyl (C=O) groups is 3. The van der Waals surface area contributed by atoms with Gasteiger partial charge in [-0.1, -0.05) is 0 Å². The lowest BCUT2D eigenvalue weighted by molar-refractivity contribution is -0.119. The maximum atomic E-state index is 13.6. The molecule has 0 saturated carbocycles. The van der Waals surface area contributed by atoms with Crippen LogP contribution in [0, 0.1) is 17.8 Å². The minimum absolute atomic E-state index is 0.00226. The number of benzene rings is 1. The number of amides is 1. The van der Waals surface area contributed by atoms with Crippen LogP contribution in [0.5, 0.6) is 5.75 Å². The molecular formula is C23H26N2O8. The normalized spacial score (nSPS) is 28.7. The summed E-state index contributed by atoms with van der Waals surface area (Å²) in [6.45, 7) is 1.25. The van der Waals surface area contributed by atoms with Crippen LogP contribution in [0.3, 0.4) is 0 Å². The molecule has 0 saturated heterocycles. The highest BCUT2D eigenvalue weighted by Crippen LogP contribution is 2.54. The average molecular weight is 458 g/mol. The second-order valence-electron chi connectivity index (χ2n) is 9.39. The van der Waals surface area contributed by atoms with Crippen molar-refractivity contribution >= 4 is 23.3 Å². The van der Waals surface area contributed by atoms with E-state index in [0.29, 0.717) is 17.7 Å². The van der Waals surface area contributed by atoms with Crippen molar-refractivity contribution in [2.45, 2.75) is 31.8 Å². The summed E-state index contributed by atoms with van der Waals surface area (Å²) < 4.78 is 0. The molecule has 0 aromatic heterocycles. The molecule has 3 aliphatic carbocycles. The molecule has 4 atom stereocenters. The van der Waals surface area contributed by atoms with Gasteiger partial charge in [0.05, 0.1) is 17.1 Å². The number of fused-ring (bicyclic) bond motifs is 3. The zero-order chi connectivity index (χ0) is 24.6. The van der Waals surface area contributed by atoms with E-state index in [-0.39, 0.29) is 29.7 Å². The molecular weight excluding hydrogens is 432 g/mol. The van der Waals surface area contributed by atoms with Gasteiger partial charge in [0.2, 0.25) is 0 Å². The third-order valence-electron chi connectivity index (χ3n) is 7.16. The van der Waals surface area contributed by atoms with Gasteiger partial charge < -0.3 is 36.2 Å². The highest BCUT2D eigenvalue weighted by molar-refractivity contribution is 6.16. The van der Waals surface area contributed by atoms with Crippen LogP contribution in [-0.2, 0) is 11.2 Å². The molecule has 0 fully saturated rings. The van der Waals surface area contributed by atoms with Gasteiger partial charge in [0.25, 0.3) is 5.91 Å². The van der Waals surface area contributed by atoms with E-state index in [1.807, 2.05) is 0 Å². The van der Waals surface area contributed by atoms with Crippen molar-refractivity contribution in [1.29, 1.82) is 0 Å². The van der Waals surface area contributed by atoms with Crippen LogP contribution in [0.1, 0.15) is 46.0 Å². The van der Waals surface area contributed by atoms with Crippen molar-refractivity contribution in [3.8, 4) is 5.75 Å². The number of carbonyl (C=O) groups excluding carboxylic acids is 2. The fourth-order valence-corrected chi connectivity index (χ4v) is 5.91. The van der Waals surface area contributed by atoms with Crippen molar-refractivity contribution in [2.24, 2.45) is 23.5 Å². The molecule has 0 heterocycles. The Kier molecular flexibility index (Phi) is 4.97. The van der Waals surface area contributed by atoms with Gasteiger partial charge in [-0.3, -0.25) is 9.59 Å². The number of phenols is 1. The molecule has 176 valence electrons. The Morgan fingerprint density at radius 3 is 2.36 bits per heavy atom. The first-order chi connectivity index (χ1) is 15.3. The third-order valence-corrected chi connectivity index (χ3v) is 7.16. The van der Waals surface area contributed by atoms with E-state index in [0.717, 1.165) is 0 Å². The highest BCUT2D eigenvalue weighted by Gasteiger charge is 2.55. The molecule has 1 aromatic carbocycles. The molecule has 0 bridgehead atoms. The first-order valence-corrected chi connectivity index (χ1v) is 10.5. The maximum absolute atomic E-state index is 13.6. The second kappa shape index (κ2) is 7.24. The first kappa shape index (κ1) is 22.7.